The molecule has 0 fully saturated rings. The van der Waals surface area contributed by atoms with Crippen molar-refractivity contribution in [1.29, 1.82) is 0 Å². The number of pyridine rings is 1. The highest BCUT2D eigenvalue weighted by Gasteiger charge is 2.07. The van der Waals surface area contributed by atoms with E-state index in [4.69, 9.17) is 5.73 Å². The van der Waals surface area contributed by atoms with E-state index in [1.54, 1.807) is 6.07 Å². The highest BCUT2D eigenvalue weighted by molar-refractivity contribution is 5.87. The molecule has 1 rings (SSSR count). The van der Waals surface area contributed by atoms with E-state index in [9.17, 15) is 9.59 Å². The smallest absolute Gasteiger partial charge is 0.354 e. The van der Waals surface area contributed by atoms with Crippen molar-refractivity contribution in [1.82, 2.24) is 4.98 Å². The standard InChI is InChI=1S/C9H12N2O3/c1-14-9(13)7-4-6(2-3-10)5-8(12)11-7/h4-5H,2-3,10H2,1H3,(H,11,12). The number of rotatable bonds is 3. The van der Waals surface area contributed by atoms with E-state index in [0.717, 1.165) is 5.56 Å². The molecule has 0 saturated carbocycles. The molecule has 0 aromatic carbocycles. The number of aromatic nitrogens is 1. The molecular weight excluding hydrogens is 184 g/mol. The van der Waals surface area contributed by atoms with Crippen LogP contribution in [0, 0.1) is 0 Å². The summed E-state index contributed by atoms with van der Waals surface area (Å²) in [7, 11) is 1.26. The third-order valence-electron chi connectivity index (χ3n) is 1.74. The monoisotopic (exact) mass is 196 g/mol. The number of nitrogens with two attached hydrogens (primary N) is 1. The number of methoxy groups -OCH3 is 1. The number of ether oxygens (including phenoxy) is 1. The summed E-state index contributed by atoms with van der Waals surface area (Å²) in [5.74, 6) is -0.555. The minimum Gasteiger partial charge on any atom is -0.464 e. The van der Waals surface area contributed by atoms with Crippen LogP contribution >= 0.6 is 0 Å². The van der Waals surface area contributed by atoms with Gasteiger partial charge in [0.1, 0.15) is 5.69 Å². The average molecular weight is 196 g/mol. The zero-order chi connectivity index (χ0) is 10.6. The normalized spacial score (nSPS) is 9.86. The molecule has 0 spiro atoms. The van der Waals surface area contributed by atoms with Crippen LogP contribution in [-0.4, -0.2) is 24.6 Å². The summed E-state index contributed by atoms with van der Waals surface area (Å²) < 4.78 is 4.48. The van der Waals surface area contributed by atoms with E-state index >= 15 is 0 Å². The van der Waals surface area contributed by atoms with Crippen LogP contribution in [-0.2, 0) is 11.2 Å². The zero-order valence-corrected chi connectivity index (χ0v) is 7.87. The van der Waals surface area contributed by atoms with E-state index in [-0.39, 0.29) is 11.3 Å². The molecule has 0 aliphatic rings. The third-order valence-corrected chi connectivity index (χ3v) is 1.74. The second-order valence-corrected chi connectivity index (χ2v) is 2.80. The lowest BCUT2D eigenvalue weighted by molar-refractivity contribution is 0.0593. The first-order valence-electron chi connectivity index (χ1n) is 4.19. The number of aromatic amines is 1. The molecule has 0 aliphatic heterocycles. The summed E-state index contributed by atoms with van der Waals surface area (Å²) in [6, 6.07) is 2.99. The number of H-pyrrole nitrogens is 1. The summed E-state index contributed by atoms with van der Waals surface area (Å²) in [6.45, 7) is 0.435. The van der Waals surface area contributed by atoms with Crippen LogP contribution in [0.15, 0.2) is 16.9 Å². The van der Waals surface area contributed by atoms with Crippen LogP contribution in [0.2, 0.25) is 0 Å². The first-order chi connectivity index (χ1) is 6.67. The first kappa shape index (κ1) is 10.5. The fraction of sp³-hybridized carbons (Fsp3) is 0.333. The molecule has 0 aliphatic carbocycles. The Kier molecular flexibility index (Phi) is 3.41. The Hall–Kier alpha value is -1.62. The Morgan fingerprint density at radius 3 is 2.86 bits per heavy atom. The molecule has 0 atom stereocenters. The highest BCUT2D eigenvalue weighted by atomic mass is 16.5. The van der Waals surface area contributed by atoms with Gasteiger partial charge in [-0.15, -0.1) is 0 Å². The summed E-state index contributed by atoms with van der Waals surface area (Å²) in [6.07, 6.45) is 0.563. The van der Waals surface area contributed by atoms with Crippen LogP contribution in [0.4, 0.5) is 0 Å². The number of hydrogen-bond donors (Lipinski definition) is 2. The fourth-order valence-corrected chi connectivity index (χ4v) is 1.13. The zero-order valence-electron chi connectivity index (χ0n) is 7.87. The van der Waals surface area contributed by atoms with Gasteiger partial charge in [-0.25, -0.2) is 4.79 Å². The van der Waals surface area contributed by atoms with Gasteiger partial charge in [-0.3, -0.25) is 4.79 Å². The second-order valence-electron chi connectivity index (χ2n) is 2.80. The molecule has 0 saturated heterocycles. The Labute approximate surface area is 80.9 Å². The predicted octanol–water partition coefficient (Wildman–Crippen LogP) is -0.337. The molecule has 3 N–H and O–H groups in total. The Morgan fingerprint density at radius 1 is 1.57 bits per heavy atom. The van der Waals surface area contributed by atoms with Gasteiger partial charge in [0.15, 0.2) is 0 Å². The lowest BCUT2D eigenvalue weighted by Crippen LogP contribution is -2.15. The minimum absolute atomic E-state index is 0.156. The van der Waals surface area contributed by atoms with E-state index < -0.39 is 5.97 Å². The van der Waals surface area contributed by atoms with Crippen molar-refractivity contribution >= 4 is 5.97 Å². The molecule has 0 unspecified atom stereocenters. The van der Waals surface area contributed by atoms with E-state index in [2.05, 4.69) is 9.72 Å². The third kappa shape index (κ3) is 2.43. The predicted molar refractivity (Wildman–Crippen MR) is 51.2 cm³/mol. The molecule has 14 heavy (non-hydrogen) atoms. The molecule has 1 heterocycles. The maximum atomic E-state index is 11.1. The molecule has 1 aromatic rings. The lowest BCUT2D eigenvalue weighted by Gasteiger charge is -2.01. The summed E-state index contributed by atoms with van der Waals surface area (Å²) in [4.78, 5) is 24.6. The molecular formula is C9H12N2O3. The lowest BCUT2D eigenvalue weighted by atomic mass is 10.1. The number of nitrogens with one attached hydrogen (secondary N) is 1. The topological polar surface area (TPSA) is 85.2 Å². The van der Waals surface area contributed by atoms with Gasteiger partial charge in [-0.05, 0) is 24.6 Å². The van der Waals surface area contributed by atoms with Crippen molar-refractivity contribution in [2.24, 2.45) is 5.73 Å². The average Bonchev–Trinajstić information content (AvgIpc) is 2.16. The largest absolute Gasteiger partial charge is 0.464 e. The van der Waals surface area contributed by atoms with Crippen molar-refractivity contribution in [2.75, 3.05) is 13.7 Å². The Morgan fingerprint density at radius 2 is 2.29 bits per heavy atom. The second kappa shape index (κ2) is 4.57. The van der Waals surface area contributed by atoms with Crippen molar-refractivity contribution in [2.45, 2.75) is 6.42 Å². The molecule has 5 nitrogen and oxygen atoms in total. The summed E-state index contributed by atoms with van der Waals surface area (Å²) >= 11 is 0. The number of carbonyl (C=O) groups excluding carboxylic acids is 1. The van der Waals surface area contributed by atoms with Crippen LogP contribution in [0.1, 0.15) is 16.1 Å². The minimum atomic E-state index is -0.555. The van der Waals surface area contributed by atoms with Gasteiger partial charge >= 0.3 is 5.97 Å². The molecule has 0 bridgehead atoms. The van der Waals surface area contributed by atoms with E-state index in [1.165, 1.54) is 13.2 Å². The molecule has 0 radical (unpaired) electrons. The van der Waals surface area contributed by atoms with Gasteiger partial charge in [-0.1, -0.05) is 0 Å². The molecule has 5 heteroatoms. The Balaban J connectivity index is 3.07. The van der Waals surface area contributed by atoms with Crippen LogP contribution in [0.25, 0.3) is 0 Å². The van der Waals surface area contributed by atoms with Crippen molar-refractivity contribution in [3.63, 3.8) is 0 Å². The van der Waals surface area contributed by atoms with Gasteiger partial charge in [-0.2, -0.15) is 0 Å². The Bertz CT molecular complexity index is 384. The van der Waals surface area contributed by atoms with Crippen molar-refractivity contribution < 1.29 is 9.53 Å². The van der Waals surface area contributed by atoms with Crippen molar-refractivity contribution in [3.05, 3.63) is 33.7 Å². The van der Waals surface area contributed by atoms with Gasteiger partial charge in [0.2, 0.25) is 5.56 Å². The van der Waals surface area contributed by atoms with Crippen LogP contribution < -0.4 is 11.3 Å². The van der Waals surface area contributed by atoms with E-state index in [0.29, 0.717) is 13.0 Å². The quantitative estimate of drug-likeness (QED) is 0.648. The SMILES string of the molecule is COC(=O)c1cc(CCN)cc(=O)[nH]1. The number of hydrogen-bond acceptors (Lipinski definition) is 4. The highest BCUT2D eigenvalue weighted by Crippen LogP contribution is 2.00. The number of esters is 1. The fourth-order valence-electron chi connectivity index (χ4n) is 1.13. The maximum absolute atomic E-state index is 11.1. The maximum Gasteiger partial charge on any atom is 0.354 e. The molecule has 1 aromatic heterocycles. The van der Waals surface area contributed by atoms with Crippen LogP contribution in [0.5, 0.6) is 0 Å². The summed E-state index contributed by atoms with van der Waals surface area (Å²) in [5, 5.41) is 0. The van der Waals surface area contributed by atoms with Gasteiger partial charge in [0.05, 0.1) is 7.11 Å². The first-order valence-corrected chi connectivity index (χ1v) is 4.19. The van der Waals surface area contributed by atoms with Gasteiger partial charge in [0.25, 0.3) is 0 Å². The van der Waals surface area contributed by atoms with Crippen LogP contribution in [0.3, 0.4) is 0 Å². The van der Waals surface area contributed by atoms with Gasteiger partial charge < -0.3 is 15.5 Å². The van der Waals surface area contributed by atoms with Gasteiger partial charge in [0, 0.05) is 6.07 Å². The van der Waals surface area contributed by atoms with E-state index in [1.807, 2.05) is 0 Å². The summed E-state index contributed by atoms with van der Waals surface area (Å²) in [5.41, 5.74) is 5.91. The van der Waals surface area contributed by atoms with Crippen molar-refractivity contribution in [3.8, 4) is 0 Å². The molecule has 0 amide bonds. The molecule has 76 valence electrons. The number of carbonyl (C=O) groups is 1.